The predicted octanol–water partition coefficient (Wildman–Crippen LogP) is 2.33. The quantitative estimate of drug-likeness (QED) is 0.784. The lowest BCUT2D eigenvalue weighted by Gasteiger charge is -2.46. The van der Waals surface area contributed by atoms with Crippen LogP contribution >= 0.6 is 0 Å². The van der Waals surface area contributed by atoms with Gasteiger partial charge in [-0.2, -0.15) is 0 Å². The van der Waals surface area contributed by atoms with Crippen molar-refractivity contribution in [2.75, 3.05) is 20.6 Å². The van der Waals surface area contributed by atoms with Gasteiger partial charge in [-0.1, -0.05) is 6.07 Å². The fourth-order valence-electron chi connectivity index (χ4n) is 4.97. The first-order chi connectivity index (χ1) is 12.7. The van der Waals surface area contributed by atoms with Crippen LogP contribution in [0, 0.1) is 0 Å². The maximum absolute atomic E-state index is 11.0. The summed E-state index contributed by atoms with van der Waals surface area (Å²) in [7, 11) is 2.10. The van der Waals surface area contributed by atoms with Gasteiger partial charge in [0.1, 0.15) is 0 Å². The van der Waals surface area contributed by atoms with E-state index in [4.69, 9.17) is 18.9 Å². The molecule has 3 aliphatic heterocycles. The Morgan fingerprint density at radius 2 is 1.73 bits per heavy atom. The molecule has 134 valence electrons. The lowest BCUT2D eigenvalue weighted by molar-refractivity contribution is 0.0591. The van der Waals surface area contributed by atoms with Gasteiger partial charge in [0.15, 0.2) is 23.0 Å². The lowest BCUT2D eigenvalue weighted by atomic mass is 9.70. The number of hydrogen-bond acceptors (Lipinski definition) is 6. The summed E-state index contributed by atoms with van der Waals surface area (Å²) in [6, 6.07) is 8.27. The number of fused-ring (bicyclic) bond motifs is 8. The Hall–Kier alpha value is -2.44. The molecule has 2 aromatic carbocycles. The van der Waals surface area contributed by atoms with Crippen LogP contribution in [0.1, 0.15) is 34.2 Å². The number of aliphatic hydroxyl groups is 1. The first-order valence-corrected chi connectivity index (χ1v) is 8.93. The highest BCUT2D eigenvalue weighted by atomic mass is 16.7. The van der Waals surface area contributed by atoms with Gasteiger partial charge in [-0.05, 0) is 48.4 Å². The van der Waals surface area contributed by atoms with E-state index in [9.17, 15) is 5.11 Å². The summed E-state index contributed by atoms with van der Waals surface area (Å²) >= 11 is 0. The van der Waals surface area contributed by atoms with Crippen LogP contribution in [0.25, 0.3) is 0 Å². The number of aliphatic hydroxyl groups excluding tert-OH is 1. The zero-order chi connectivity index (χ0) is 17.4. The summed E-state index contributed by atoms with van der Waals surface area (Å²) in [5.41, 5.74) is 4.65. The maximum Gasteiger partial charge on any atom is 0.231 e. The first kappa shape index (κ1) is 14.7. The van der Waals surface area contributed by atoms with Crippen molar-refractivity contribution in [3.05, 3.63) is 46.5 Å². The minimum absolute atomic E-state index is 0.00822. The SMILES string of the molecule is CN1Cc2c(ccc3c2OCO3)[C@@H]2[C@H]1c1cc3c(cc1C[C@@H]2O)OCO3. The molecule has 0 fully saturated rings. The van der Waals surface area contributed by atoms with E-state index in [1.165, 1.54) is 5.56 Å². The molecule has 6 rings (SSSR count). The minimum atomic E-state index is -0.463. The summed E-state index contributed by atoms with van der Waals surface area (Å²) in [6.45, 7) is 1.28. The van der Waals surface area contributed by atoms with Gasteiger partial charge >= 0.3 is 0 Å². The Morgan fingerprint density at radius 3 is 2.62 bits per heavy atom. The molecule has 1 aliphatic carbocycles. The van der Waals surface area contributed by atoms with Crippen LogP contribution in [0.15, 0.2) is 24.3 Å². The molecular formula is C20H19NO5. The van der Waals surface area contributed by atoms with Crippen LogP contribution in [-0.4, -0.2) is 36.7 Å². The number of benzene rings is 2. The van der Waals surface area contributed by atoms with Gasteiger partial charge < -0.3 is 24.1 Å². The number of nitrogens with zero attached hydrogens (tertiary/aromatic N) is 1. The van der Waals surface area contributed by atoms with Gasteiger partial charge in [-0.3, -0.25) is 4.90 Å². The zero-order valence-corrected chi connectivity index (χ0v) is 14.4. The van der Waals surface area contributed by atoms with Crippen LogP contribution < -0.4 is 18.9 Å². The predicted molar refractivity (Wildman–Crippen MR) is 91.8 cm³/mol. The summed E-state index contributed by atoms with van der Waals surface area (Å²) in [6.07, 6.45) is 0.143. The standard InChI is InChI=1S/C20H19NO5/c1-21-7-13-11(2-3-15-20(13)26-9-23-15)18-14(22)4-10-5-16-17(25-8-24-16)6-12(10)19(18)21/h2-3,5-6,14,18-19,22H,4,7-9H2,1H3/t14-,18-,19+/m0/s1. The fraction of sp³-hybridized carbons (Fsp3) is 0.400. The average molecular weight is 353 g/mol. The number of rotatable bonds is 0. The van der Waals surface area contributed by atoms with E-state index >= 15 is 0 Å². The Balaban J connectivity index is 1.53. The topological polar surface area (TPSA) is 60.4 Å². The van der Waals surface area contributed by atoms with E-state index < -0.39 is 6.10 Å². The third-order valence-electron chi connectivity index (χ3n) is 6.06. The molecule has 0 radical (unpaired) electrons. The molecule has 3 atom stereocenters. The van der Waals surface area contributed by atoms with Gasteiger partial charge in [-0.25, -0.2) is 0 Å². The lowest BCUT2D eigenvalue weighted by Crippen LogP contribution is -2.43. The van der Waals surface area contributed by atoms with Crippen LogP contribution in [-0.2, 0) is 13.0 Å². The minimum Gasteiger partial charge on any atom is -0.454 e. The maximum atomic E-state index is 11.0. The molecule has 2 aromatic rings. The van der Waals surface area contributed by atoms with Crippen molar-refractivity contribution in [1.82, 2.24) is 4.90 Å². The third kappa shape index (κ3) is 1.83. The Morgan fingerprint density at radius 1 is 0.962 bits per heavy atom. The molecule has 0 spiro atoms. The number of hydrogen-bond donors (Lipinski definition) is 1. The van der Waals surface area contributed by atoms with Gasteiger partial charge in [-0.15, -0.1) is 0 Å². The molecule has 6 nitrogen and oxygen atoms in total. The Labute approximate surface area is 150 Å². The fourth-order valence-corrected chi connectivity index (χ4v) is 4.97. The second kappa shape index (κ2) is 5.05. The highest BCUT2D eigenvalue weighted by molar-refractivity contribution is 5.58. The molecule has 4 aliphatic rings. The summed E-state index contributed by atoms with van der Waals surface area (Å²) in [5, 5.41) is 11.0. The molecule has 3 heterocycles. The van der Waals surface area contributed by atoms with Gasteiger partial charge in [0.2, 0.25) is 13.6 Å². The van der Waals surface area contributed by atoms with Crippen molar-refractivity contribution in [3.63, 3.8) is 0 Å². The van der Waals surface area contributed by atoms with E-state index in [-0.39, 0.29) is 25.5 Å². The molecule has 0 bridgehead atoms. The van der Waals surface area contributed by atoms with Crippen LogP contribution in [0.2, 0.25) is 0 Å². The highest BCUT2D eigenvalue weighted by Crippen LogP contribution is 2.54. The molecule has 0 amide bonds. The normalized spacial score (nSPS) is 27.7. The molecule has 1 N–H and O–H groups in total. The molecule has 0 saturated carbocycles. The van der Waals surface area contributed by atoms with Crippen LogP contribution in [0.5, 0.6) is 23.0 Å². The molecule has 0 saturated heterocycles. The first-order valence-electron chi connectivity index (χ1n) is 8.93. The molecule has 0 aromatic heterocycles. The highest BCUT2D eigenvalue weighted by Gasteiger charge is 2.45. The molecular weight excluding hydrogens is 334 g/mol. The third-order valence-corrected chi connectivity index (χ3v) is 6.06. The van der Waals surface area contributed by atoms with E-state index in [1.807, 2.05) is 12.1 Å². The van der Waals surface area contributed by atoms with Gasteiger partial charge in [0.25, 0.3) is 0 Å². The van der Waals surface area contributed by atoms with Crippen molar-refractivity contribution < 1.29 is 24.1 Å². The number of ether oxygens (including phenoxy) is 4. The van der Waals surface area contributed by atoms with Crippen LogP contribution in [0.4, 0.5) is 0 Å². The van der Waals surface area contributed by atoms with E-state index in [2.05, 4.69) is 24.1 Å². The molecule has 26 heavy (non-hydrogen) atoms. The van der Waals surface area contributed by atoms with Crippen molar-refractivity contribution >= 4 is 0 Å². The van der Waals surface area contributed by atoms with E-state index in [1.54, 1.807) is 0 Å². The molecule has 0 unspecified atom stereocenters. The van der Waals surface area contributed by atoms with Crippen molar-refractivity contribution in [2.24, 2.45) is 0 Å². The summed E-state index contributed by atoms with van der Waals surface area (Å²) < 4.78 is 22.4. The van der Waals surface area contributed by atoms with Crippen molar-refractivity contribution in [3.8, 4) is 23.0 Å². The van der Waals surface area contributed by atoms with E-state index in [0.717, 1.165) is 46.2 Å². The van der Waals surface area contributed by atoms with Gasteiger partial charge in [0.05, 0.1) is 6.10 Å². The molecule has 6 heteroatoms. The van der Waals surface area contributed by atoms with Crippen LogP contribution in [0.3, 0.4) is 0 Å². The largest absolute Gasteiger partial charge is 0.454 e. The average Bonchev–Trinajstić information content (AvgIpc) is 3.28. The number of likely N-dealkylation sites (N-methyl/N-ethyl adjacent to an activating group) is 1. The monoisotopic (exact) mass is 353 g/mol. The zero-order valence-electron chi connectivity index (χ0n) is 14.4. The summed E-state index contributed by atoms with van der Waals surface area (Å²) in [5.74, 6) is 3.19. The Bertz CT molecular complexity index is 925. The second-order valence-electron chi connectivity index (χ2n) is 7.43. The van der Waals surface area contributed by atoms with E-state index in [0.29, 0.717) is 6.42 Å². The summed E-state index contributed by atoms with van der Waals surface area (Å²) in [4.78, 5) is 2.29. The second-order valence-corrected chi connectivity index (χ2v) is 7.43. The van der Waals surface area contributed by atoms with Crippen molar-refractivity contribution in [2.45, 2.75) is 31.0 Å². The van der Waals surface area contributed by atoms with Crippen molar-refractivity contribution in [1.29, 1.82) is 0 Å². The van der Waals surface area contributed by atoms with Gasteiger partial charge in [0, 0.05) is 24.1 Å². The smallest absolute Gasteiger partial charge is 0.231 e. The Kier molecular flexibility index (Phi) is 2.86.